The summed E-state index contributed by atoms with van der Waals surface area (Å²) < 4.78 is 5.68. The lowest BCUT2D eigenvalue weighted by molar-refractivity contribution is -0.138. The number of carbonyl (C=O) groups excluding carboxylic acids is 1. The minimum Gasteiger partial charge on any atom is -0.462 e. The number of hydrogen-bond donors (Lipinski definition) is 2. The molecule has 0 radical (unpaired) electrons. The number of ether oxygens (including phenoxy) is 1. The van der Waals surface area contributed by atoms with Crippen LogP contribution in [-0.4, -0.2) is 30.7 Å². The van der Waals surface area contributed by atoms with Crippen LogP contribution >= 0.6 is 15.9 Å². The number of piperidine rings is 1. The quantitative estimate of drug-likeness (QED) is 0.757. The maximum absolute atomic E-state index is 9.60. The molecule has 23 heavy (non-hydrogen) atoms. The number of rotatable bonds is 4. The summed E-state index contributed by atoms with van der Waals surface area (Å²) in [5, 5.41) is 7.16. The van der Waals surface area contributed by atoms with Gasteiger partial charge in [0, 0.05) is 22.2 Å². The van der Waals surface area contributed by atoms with Gasteiger partial charge in [-0.15, -0.1) is 0 Å². The number of halogens is 1. The van der Waals surface area contributed by atoms with E-state index in [-0.39, 0.29) is 5.60 Å². The van der Waals surface area contributed by atoms with Crippen molar-refractivity contribution in [2.45, 2.75) is 64.6 Å². The molecule has 1 aliphatic heterocycles. The molecule has 130 valence electrons. The predicted octanol–water partition coefficient (Wildman–Crippen LogP) is 4.35. The standard InChI is InChI=1S/C13H19BrN2.C5H10O2/c1-2-11-9-13(7-8-15-11)16-12-5-3-10(14)4-6-12;1-5(2,3)7-4-6/h3-6,11,13,15-16H,2,7-9H2,1H3;4H,1-3H3. The number of nitrogens with one attached hydrogen (secondary N) is 2. The van der Waals surface area contributed by atoms with Gasteiger partial charge in [0.25, 0.3) is 6.47 Å². The zero-order valence-electron chi connectivity index (χ0n) is 14.6. The van der Waals surface area contributed by atoms with Crippen molar-refractivity contribution >= 4 is 28.1 Å². The molecule has 0 spiro atoms. The fourth-order valence-electron chi connectivity index (χ4n) is 2.37. The molecule has 1 aliphatic rings. The van der Waals surface area contributed by atoms with E-state index in [2.05, 4.69) is 62.5 Å². The maximum Gasteiger partial charge on any atom is 0.293 e. The van der Waals surface area contributed by atoms with Crippen LogP contribution in [0.5, 0.6) is 0 Å². The molecule has 0 amide bonds. The van der Waals surface area contributed by atoms with E-state index in [1.54, 1.807) is 0 Å². The van der Waals surface area contributed by atoms with E-state index >= 15 is 0 Å². The Balaban J connectivity index is 0.000000322. The number of anilines is 1. The Morgan fingerprint density at radius 1 is 1.35 bits per heavy atom. The normalized spacial score (nSPS) is 20.9. The molecule has 0 aliphatic carbocycles. The van der Waals surface area contributed by atoms with Crippen LogP contribution in [0, 0.1) is 0 Å². The molecule has 1 fully saturated rings. The van der Waals surface area contributed by atoms with Crippen molar-refractivity contribution in [3.8, 4) is 0 Å². The summed E-state index contributed by atoms with van der Waals surface area (Å²) in [6, 6.07) is 9.73. The predicted molar refractivity (Wildman–Crippen MR) is 99.8 cm³/mol. The second-order valence-corrected chi connectivity index (χ2v) is 7.67. The number of hydrogen-bond acceptors (Lipinski definition) is 4. The number of benzene rings is 1. The Hall–Kier alpha value is -1.07. The maximum atomic E-state index is 9.60. The fourth-order valence-corrected chi connectivity index (χ4v) is 2.64. The Morgan fingerprint density at radius 3 is 2.48 bits per heavy atom. The molecule has 2 rings (SSSR count). The Labute approximate surface area is 148 Å². The summed E-state index contributed by atoms with van der Waals surface area (Å²) in [6.07, 6.45) is 3.66. The molecule has 2 atom stereocenters. The Morgan fingerprint density at radius 2 is 2.00 bits per heavy atom. The van der Waals surface area contributed by atoms with Crippen LogP contribution in [0.15, 0.2) is 28.7 Å². The van der Waals surface area contributed by atoms with Gasteiger partial charge in [0.15, 0.2) is 0 Å². The van der Waals surface area contributed by atoms with E-state index < -0.39 is 0 Å². The van der Waals surface area contributed by atoms with Crippen molar-refractivity contribution in [3.05, 3.63) is 28.7 Å². The van der Waals surface area contributed by atoms with Crippen molar-refractivity contribution < 1.29 is 9.53 Å². The largest absolute Gasteiger partial charge is 0.462 e. The highest BCUT2D eigenvalue weighted by Crippen LogP contribution is 2.19. The van der Waals surface area contributed by atoms with E-state index in [1.807, 2.05) is 20.8 Å². The van der Waals surface area contributed by atoms with Crippen molar-refractivity contribution in [2.24, 2.45) is 0 Å². The third kappa shape index (κ3) is 8.96. The molecule has 0 bridgehead atoms. The summed E-state index contributed by atoms with van der Waals surface area (Å²) in [5.74, 6) is 0. The van der Waals surface area contributed by atoms with Gasteiger partial charge in [0.05, 0.1) is 0 Å². The monoisotopic (exact) mass is 384 g/mol. The van der Waals surface area contributed by atoms with E-state index in [0.29, 0.717) is 18.6 Å². The first-order valence-electron chi connectivity index (χ1n) is 8.21. The van der Waals surface area contributed by atoms with Gasteiger partial charge >= 0.3 is 0 Å². The van der Waals surface area contributed by atoms with Crippen LogP contribution in [-0.2, 0) is 9.53 Å². The Kier molecular flexibility index (Phi) is 8.63. The average Bonchev–Trinajstić information content (AvgIpc) is 2.49. The first kappa shape index (κ1) is 20.0. The fraction of sp³-hybridized carbons (Fsp3) is 0.611. The lowest BCUT2D eigenvalue weighted by atomic mass is 9.97. The third-order valence-electron chi connectivity index (χ3n) is 3.60. The third-order valence-corrected chi connectivity index (χ3v) is 4.13. The van der Waals surface area contributed by atoms with Crippen molar-refractivity contribution in [3.63, 3.8) is 0 Å². The molecule has 5 heteroatoms. The highest BCUT2D eigenvalue weighted by Gasteiger charge is 2.19. The van der Waals surface area contributed by atoms with Crippen molar-refractivity contribution in [1.82, 2.24) is 5.32 Å². The van der Waals surface area contributed by atoms with Crippen LogP contribution in [0.4, 0.5) is 5.69 Å². The second kappa shape index (κ2) is 9.93. The SMILES string of the molecule is CC(C)(C)OC=O.CCC1CC(Nc2ccc(Br)cc2)CCN1. The van der Waals surface area contributed by atoms with Gasteiger partial charge in [0.2, 0.25) is 0 Å². The van der Waals surface area contributed by atoms with Crippen LogP contribution in [0.3, 0.4) is 0 Å². The van der Waals surface area contributed by atoms with Gasteiger partial charge in [0.1, 0.15) is 5.60 Å². The number of carbonyl (C=O) groups is 1. The first-order chi connectivity index (χ1) is 10.8. The molecule has 1 heterocycles. The van der Waals surface area contributed by atoms with E-state index in [4.69, 9.17) is 0 Å². The van der Waals surface area contributed by atoms with Crippen molar-refractivity contribution in [2.75, 3.05) is 11.9 Å². The summed E-state index contributed by atoms with van der Waals surface area (Å²) >= 11 is 3.45. The van der Waals surface area contributed by atoms with Gasteiger partial charge in [-0.25, -0.2) is 0 Å². The molecular weight excluding hydrogens is 356 g/mol. The second-order valence-electron chi connectivity index (χ2n) is 6.76. The first-order valence-corrected chi connectivity index (χ1v) is 9.00. The van der Waals surface area contributed by atoms with Crippen LogP contribution in [0.2, 0.25) is 0 Å². The molecule has 1 aromatic rings. The van der Waals surface area contributed by atoms with E-state index in [0.717, 1.165) is 11.0 Å². The minimum absolute atomic E-state index is 0.318. The molecule has 2 N–H and O–H groups in total. The molecule has 2 unspecified atom stereocenters. The highest BCUT2D eigenvalue weighted by atomic mass is 79.9. The van der Waals surface area contributed by atoms with Gasteiger partial charge in [-0.05, 0) is 70.8 Å². The van der Waals surface area contributed by atoms with E-state index in [9.17, 15) is 4.79 Å². The molecular formula is C18H29BrN2O2. The lowest BCUT2D eigenvalue weighted by Crippen LogP contribution is -2.42. The molecule has 1 saturated heterocycles. The smallest absolute Gasteiger partial charge is 0.293 e. The molecule has 4 nitrogen and oxygen atoms in total. The zero-order valence-corrected chi connectivity index (χ0v) is 16.2. The van der Waals surface area contributed by atoms with Gasteiger partial charge < -0.3 is 15.4 Å². The van der Waals surface area contributed by atoms with Crippen molar-refractivity contribution in [1.29, 1.82) is 0 Å². The molecule has 1 aromatic carbocycles. The average molecular weight is 385 g/mol. The van der Waals surface area contributed by atoms with Crippen LogP contribution in [0.25, 0.3) is 0 Å². The lowest BCUT2D eigenvalue weighted by Gasteiger charge is -2.31. The minimum atomic E-state index is -0.318. The Bertz CT molecular complexity index is 457. The van der Waals surface area contributed by atoms with Gasteiger partial charge in [-0.1, -0.05) is 22.9 Å². The van der Waals surface area contributed by atoms with Crippen LogP contribution in [0.1, 0.15) is 47.0 Å². The van der Waals surface area contributed by atoms with Crippen LogP contribution < -0.4 is 10.6 Å². The van der Waals surface area contributed by atoms with E-state index in [1.165, 1.54) is 24.9 Å². The molecule has 0 saturated carbocycles. The highest BCUT2D eigenvalue weighted by molar-refractivity contribution is 9.10. The summed E-state index contributed by atoms with van der Waals surface area (Å²) in [5.41, 5.74) is 0.909. The van der Waals surface area contributed by atoms with Gasteiger partial charge in [-0.2, -0.15) is 0 Å². The summed E-state index contributed by atoms with van der Waals surface area (Å²) in [4.78, 5) is 9.60. The van der Waals surface area contributed by atoms with Gasteiger partial charge in [-0.3, -0.25) is 4.79 Å². The summed E-state index contributed by atoms with van der Waals surface area (Å²) in [7, 11) is 0. The summed E-state index contributed by atoms with van der Waals surface area (Å²) in [6.45, 7) is 9.30. The molecule has 0 aromatic heterocycles. The zero-order chi connectivity index (χ0) is 17.3. The topological polar surface area (TPSA) is 50.4 Å².